The summed E-state index contributed by atoms with van der Waals surface area (Å²) >= 11 is 0. The second-order valence-corrected chi connectivity index (χ2v) is 23.7. The van der Waals surface area contributed by atoms with Crippen molar-refractivity contribution in [1.29, 1.82) is 0 Å². The maximum absolute atomic E-state index is 2.65. The molecule has 5 aromatic rings. The van der Waals surface area contributed by atoms with Crippen LogP contribution in [-0.2, 0) is 21.7 Å². The zero-order valence-electron chi connectivity index (χ0n) is 35.7. The number of rotatable bonds is 5. The van der Waals surface area contributed by atoms with Crippen LogP contribution in [0.25, 0.3) is 22.3 Å². The van der Waals surface area contributed by atoms with Gasteiger partial charge in [-0.05, 0) is 214 Å². The van der Waals surface area contributed by atoms with Crippen LogP contribution in [0.2, 0.25) is 0 Å². The van der Waals surface area contributed by atoms with E-state index in [-0.39, 0.29) is 16.2 Å². The first-order valence-electron chi connectivity index (χ1n) is 24.0. The highest BCUT2D eigenvalue weighted by atomic mass is 15.1. The fourth-order valence-corrected chi connectivity index (χ4v) is 19.3. The second kappa shape index (κ2) is 10.3. The first kappa shape index (κ1) is 33.6. The number of fused-ring (bicyclic) bond motifs is 10. The Bertz CT molecular complexity index is 2680. The lowest BCUT2D eigenvalue weighted by molar-refractivity contribution is -0.231. The fraction of sp³-hybridized carbons (Fsp3) is 0.483. The predicted molar refractivity (Wildman–Crippen MR) is 241 cm³/mol. The topological polar surface area (TPSA) is 3.24 Å². The Morgan fingerprint density at radius 3 is 1.98 bits per heavy atom. The van der Waals surface area contributed by atoms with Crippen LogP contribution in [0.4, 0.5) is 17.1 Å². The van der Waals surface area contributed by atoms with Gasteiger partial charge in [0.15, 0.2) is 0 Å². The Balaban J connectivity index is 0.869. The van der Waals surface area contributed by atoms with Gasteiger partial charge in [0, 0.05) is 22.2 Å². The molecule has 0 aromatic heterocycles. The molecule has 0 aliphatic heterocycles. The molecule has 15 rings (SSSR count). The normalized spacial score (nSPS) is 40.2. The molecule has 0 amide bonds. The standard InChI is InChI=1S/C58H59N/c1-53(2)23-24-54(3,4)52-47(53)13-8-14-48(52)59(42-21-17-37(18-22-42)55-30-35-26-39-28-40(33-55)57(39,55)32-35)41-19-15-36(16-20-41)43-10-7-11-45-44-9-5-6-12-46(44)58(51(43)45)49-27-34-25-38-29-50(58)56(38,49)31-34/h5-22,34-35,38-40,49-50H,23-33H2,1-4H3. The van der Waals surface area contributed by atoms with E-state index in [9.17, 15) is 0 Å². The lowest BCUT2D eigenvalue weighted by Crippen LogP contribution is -2.73. The summed E-state index contributed by atoms with van der Waals surface area (Å²) < 4.78 is 0. The summed E-state index contributed by atoms with van der Waals surface area (Å²) in [5.74, 6) is 6.58. The summed E-state index contributed by atoms with van der Waals surface area (Å²) in [4.78, 5) is 2.65. The van der Waals surface area contributed by atoms with Crippen molar-refractivity contribution in [2.24, 2.45) is 52.3 Å². The van der Waals surface area contributed by atoms with Crippen molar-refractivity contribution in [3.05, 3.63) is 137 Å². The molecule has 10 aliphatic carbocycles. The molecule has 0 N–H and O–H groups in total. The molecule has 10 aliphatic rings. The van der Waals surface area contributed by atoms with Crippen LogP contribution in [0.3, 0.4) is 0 Å². The summed E-state index contributed by atoms with van der Waals surface area (Å²) in [7, 11) is 0. The third-order valence-electron chi connectivity index (χ3n) is 21.2. The summed E-state index contributed by atoms with van der Waals surface area (Å²) in [5, 5.41) is 0. The largest absolute Gasteiger partial charge is 0.310 e. The lowest BCUT2D eigenvalue weighted by Gasteiger charge is -2.76. The first-order valence-corrected chi connectivity index (χ1v) is 24.0. The molecule has 59 heavy (non-hydrogen) atoms. The van der Waals surface area contributed by atoms with E-state index < -0.39 is 0 Å². The molecular weight excluding hydrogens is 711 g/mol. The van der Waals surface area contributed by atoms with Crippen molar-refractivity contribution in [2.75, 3.05) is 4.90 Å². The van der Waals surface area contributed by atoms with Gasteiger partial charge in [0.05, 0.1) is 5.69 Å². The quantitative estimate of drug-likeness (QED) is 0.172. The van der Waals surface area contributed by atoms with Crippen molar-refractivity contribution in [1.82, 2.24) is 0 Å². The SMILES string of the molecule is CC1(C)CCC(C)(C)c2c(N(c3ccc(-c4cccc5c4C4(c6ccccc6-5)C5CC6CC7CC4C75C6)cc3)c3ccc(C45CC6CC7CC(C4)C75C6)cc3)cccc21. The summed E-state index contributed by atoms with van der Waals surface area (Å²) in [6.07, 6.45) is 15.8. The van der Waals surface area contributed by atoms with E-state index >= 15 is 0 Å². The van der Waals surface area contributed by atoms with E-state index in [1.807, 2.05) is 0 Å². The predicted octanol–water partition coefficient (Wildman–Crippen LogP) is 14.6. The number of benzene rings is 5. The molecule has 1 nitrogen and oxygen atoms in total. The molecule has 11 atom stereocenters. The number of anilines is 3. The van der Waals surface area contributed by atoms with Crippen LogP contribution in [0.5, 0.6) is 0 Å². The Kier molecular flexibility index (Phi) is 5.88. The van der Waals surface area contributed by atoms with E-state index in [1.54, 1.807) is 22.3 Å². The summed E-state index contributed by atoms with van der Waals surface area (Å²) in [6.45, 7) is 9.94. The van der Waals surface area contributed by atoms with Gasteiger partial charge in [-0.15, -0.1) is 0 Å². The molecule has 8 saturated carbocycles. The molecule has 5 aromatic carbocycles. The van der Waals surface area contributed by atoms with Gasteiger partial charge < -0.3 is 4.90 Å². The zero-order chi connectivity index (χ0) is 39.1. The molecule has 8 fully saturated rings. The van der Waals surface area contributed by atoms with Crippen LogP contribution in [0, 0.1) is 52.3 Å². The van der Waals surface area contributed by atoms with Crippen molar-refractivity contribution < 1.29 is 0 Å². The third-order valence-corrected chi connectivity index (χ3v) is 21.2. The van der Waals surface area contributed by atoms with Crippen LogP contribution in [0.1, 0.15) is 126 Å². The van der Waals surface area contributed by atoms with Gasteiger partial charge in [0.1, 0.15) is 0 Å². The minimum atomic E-state index is 0.0925. The van der Waals surface area contributed by atoms with Crippen molar-refractivity contribution >= 4 is 17.1 Å². The van der Waals surface area contributed by atoms with Crippen LogP contribution < -0.4 is 4.90 Å². The van der Waals surface area contributed by atoms with E-state index in [1.165, 1.54) is 116 Å². The average Bonchev–Trinajstić information content (AvgIpc) is 4.01. The summed E-state index contributed by atoms with van der Waals surface area (Å²) in [5.41, 5.74) is 20.1. The molecule has 0 heterocycles. The summed E-state index contributed by atoms with van der Waals surface area (Å²) in [6, 6.07) is 44.3. The first-order chi connectivity index (χ1) is 28.6. The highest BCUT2D eigenvalue weighted by Gasteiger charge is 2.85. The highest BCUT2D eigenvalue weighted by molar-refractivity contribution is 5.91. The van der Waals surface area contributed by atoms with Gasteiger partial charge in [0.25, 0.3) is 0 Å². The molecule has 3 spiro atoms. The van der Waals surface area contributed by atoms with Crippen LogP contribution in [0.15, 0.2) is 109 Å². The van der Waals surface area contributed by atoms with Crippen LogP contribution in [-0.4, -0.2) is 0 Å². The Hall–Kier alpha value is -4.10. The average molecular weight is 770 g/mol. The van der Waals surface area contributed by atoms with Gasteiger partial charge >= 0.3 is 0 Å². The highest BCUT2D eigenvalue weighted by Crippen LogP contribution is 2.90. The molecule has 0 saturated heterocycles. The molecule has 1 heteroatoms. The Morgan fingerprint density at radius 2 is 1.19 bits per heavy atom. The maximum atomic E-state index is 2.65. The number of hydrogen-bond acceptors (Lipinski definition) is 1. The molecule has 11 unspecified atom stereocenters. The number of nitrogens with zero attached hydrogens (tertiary/aromatic N) is 1. The van der Waals surface area contributed by atoms with E-state index in [4.69, 9.17) is 0 Å². The zero-order valence-corrected chi connectivity index (χ0v) is 35.7. The Morgan fingerprint density at radius 1 is 0.492 bits per heavy atom. The fourth-order valence-electron chi connectivity index (χ4n) is 19.3. The minimum absolute atomic E-state index is 0.0925. The third kappa shape index (κ3) is 3.53. The van der Waals surface area contributed by atoms with Gasteiger partial charge in [0.2, 0.25) is 0 Å². The van der Waals surface area contributed by atoms with Crippen molar-refractivity contribution in [2.45, 2.75) is 120 Å². The lowest BCUT2D eigenvalue weighted by atomic mass is 9.26. The molecular formula is C58H59N. The van der Waals surface area contributed by atoms with Gasteiger partial charge in [-0.3, -0.25) is 0 Å². The van der Waals surface area contributed by atoms with Gasteiger partial charge in [-0.2, -0.15) is 0 Å². The second-order valence-electron chi connectivity index (χ2n) is 23.7. The number of hydrogen-bond donors (Lipinski definition) is 0. The van der Waals surface area contributed by atoms with E-state index in [0.717, 1.165) is 41.4 Å². The molecule has 296 valence electrons. The van der Waals surface area contributed by atoms with Gasteiger partial charge in [-0.1, -0.05) is 107 Å². The Labute approximate surface area is 352 Å². The molecule has 0 radical (unpaired) electrons. The van der Waals surface area contributed by atoms with Crippen LogP contribution >= 0.6 is 0 Å². The minimum Gasteiger partial charge on any atom is -0.310 e. The molecule has 4 bridgehead atoms. The van der Waals surface area contributed by atoms with Crippen molar-refractivity contribution in [3.63, 3.8) is 0 Å². The maximum Gasteiger partial charge on any atom is 0.0502 e. The van der Waals surface area contributed by atoms with E-state index in [0.29, 0.717) is 16.2 Å². The van der Waals surface area contributed by atoms with Crippen molar-refractivity contribution in [3.8, 4) is 22.3 Å². The van der Waals surface area contributed by atoms with Gasteiger partial charge in [-0.25, -0.2) is 0 Å². The monoisotopic (exact) mass is 769 g/mol. The smallest absolute Gasteiger partial charge is 0.0502 e. The van der Waals surface area contributed by atoms with E-state index in [2.05, 4.69) is 142 Å².